The molecule has 0 spiro atoms. The summed E-state index contributed by atoms with van der Waals surface area (Å²) < 4.78 is 1.86. The molecular weight excluding hydrogens is 276 g/mol. The van der Waals surface area contributed by atoms with Crippen molar-refractivity contribution in [3.63, 3.8) is 0 Å². The second-order valence-corrected chi connectivity index (χ2v) is 6.30. The van der Waals surface area contributed by atoms with Gasteiger partial charge >= 0.3 is 0 Å². The Morgan fingerprint density at radius 2 is 2.14 bits per heavy atom. The first-order chi connectivity index (χ1) is 10.6. The molecule has 0 aliphatic carbocycles. The summed E-state index contributed by atoms with van der Waals surface area (Å²) in [6.45, 7) is 6.24. The molecule has 118 valence electrons. The largest absolute Gasteiger partial charge is 0.338 e. The van der Waals surface area contributed by atoms with Gasteiger partial charge in [0.15, 0.2) is 5.65 Å². The van der Waals surface area contributed by atoms with Crippen LogP contribution in [0.25, 0.3) is 11.2 Å². The lowest BCUT2D eigenvalue weighted by atomic mass is 9.87. The topological polar surface area (TPSA) is 51.0 Å². The number of carbonyl (C=O) groups excluding carboxylic acids is 1. The number of fused-ring (bicyclic) bond motifs is 1. The standard InChI is InChI=1S/C17H24N4O/c1-4-12(5-2)13-6-7-21(10-13)17(22)14-8-15-16(18-9-14)20(3)11-19-15/h8-9,11-13H,4-7,10H2,1-3H3. The van der Waals surface area contributed by atoms with Crippen LogP contribution in [0.2, 0.25) is 0 Å². The van der Waals surface area contributed by atoms with Gasteiger partial charge in [0.2, 0.25) is 0 Å². The van der Waals surface area contributed by atoms with E-state index in [0.29, 0.717) is 11.5 Å². The van der Waals surface area contributed by atoms with Gasteiger partial charge in [-0.15, -0.1) is 0 Å². The summed E-state index contributed by atoms with van der Waals surface area (Å²) in [6, 6.07) is 1.86. The monoisotopic (exact) mass is 300 g/mol. The van der Waals surface area contributed by atoms with Gasteiger partial charge in [-0.25, -0.2) is 9.97 Å². The summed E-state index contributed by atoms with van der Waals surface area (Å²) in [7, 11) is 1.91. The van der Waals surface area contributed by atoms with Crippen LogP contribution in [0.1, 0.15) is 43.5 Å². The van der Waals surface area contributed by atoms with Gasteiger partial charge in [-0.1, -0.05) is 26.7 Å². The number of amides is 1. The zero-order valence-corrected chi connectivity index (χ0v) is 13.6. The van der Waals surface area contributed by atoms with E-state index in [1.807, 2.05) is 22.6 Å². The van der Waals surface area contributed by atoms with Gasteiger partial charge in [-0.3, -0.25) is 4.79 Å². The molecule has 0 radical (unpaired) electrons. The minimum absolute atomic E-state index is 0.0912. The highest BCUT2D eigenvalue weighted by Crippen LogP contribution is 2.29. The minimum Gasteiger partial charge on any atom is -0.338 e. The van der Waals surface area contributed by atoms with Gasteiger partial charge in [-0.2, -0.15) is 0 Å². The van der Waals surface area contributed by atoms with E-state index in [1.165, 1.54) is 12.8 Å². The number of carbonyl (C=O) groups is 1. The fourth-order valence-corrected chi connectivity index (χ4v) is 3.63. The second-order valence-electron chi connectivity index (χ2n) is 6.30. The molecule has 0 N–H and O–H groups in total. The predicted octanol–water partition coefficient (Wildman–Crippen LogP) is 2.87. The van der Waals surface area contributed by atoms with Crippen LogP contribution >= 0.6 is 0 Å². The van der Waals surface area contributed by atoms with Crippen molar-refractivity contribution in [2.24, 2.45) is 18.9 Å². The fourth-order valence-electron chi connectivity index (χ4n) is 3.63. The molecule has 0 bridgehead atoms. The van der Waals surface area contributed by atoms with E-state index in [9.17, 15) is 4.79 Å². The Morgan fingerprint density at radius 3 is 2.86 bits per heavy atom. The summed E-state index contributed by atoms with van der Waals surface area (Å²) in [5, 5.41) is 0. The highest BCUT2D eigenvalue weighted by atomic mass is 16.2. The third-order valence-corrected chi connectivity index (χ3v) is 5.03. The first-order valence-electron chi connectivity index (χ1n) is 8.20. The van der Waals surface area contributed by atoms with Crippen LogP contribution < -0.4 is 0 Å². The molecule has 3 heterocycles. The lowest BCUT2D eigenvalue weighted by Gasteiger charge is -2.21. The molecule has 1 atom stereocenters. The molecule has 1 fully saturated rings. The molecule has 5 heteroatoms. The minimum atomic E-state index is 0.0912. The Morgan fingerprint density at radius 1 is 1.36 bits per heavy atom. The Kier molecular flexibility index (Phi) is 4.14. The zero-order chi connectivity index (χ0) is 15.7. The van der Waals surface area contributed by atoms with Crippen LogP contribution in [-0.4, -0.2) is 38.4 Å². The molecule has 1 saturated heterocycles. The third kappa shape index (κ3) is 2.60. The van der Waals surface area contributed by atoms with Gasteiger partial charge < -0.3 is 9.47 Å². The van der Waals surface area contributed by atoms with Gasteiger partial charge in [0.1, 0.15) is 5.52 Å². The number of pyridine rings is 1. The zero-order valence-electron chi connectivity index (χ0n) is 13.6. The summed E-state index contributed by atoms with van der Waals surface area (Å²) in [6.07, 6.45) is 6.92. The summed E-state index contributed by atoms with van der Waals surface area (Å²) in [5.74, 6) is 1.47. The van der Waals surface area contributed by atoms with Crippen molar-refractivity contribution >= 4 is 17.1 Å². The Labute approximate surface area is 131 Å². The number of imidazole rings is 1. The summed E-state index contributed by atoms with van der Waals surface area (Å²) >= 11 is 0. The second kappa shape index (κ2) is 6.07. The fraction of sp³-hybridized carbons (Fsp3) is 0.588. The van der Waals surface area contributed by atoms with Crippen molar-refractivity contribution in [2.45, 2.75) is 33.1 Å². The SMILES string of the molecule is CCC(CC)C1CCN(C(=O)c2cnc3c(c2)ncn3C)C1. The highest BCUT2D eigenvalue weighted by Gasteiger charge is 2.30. The third-order valence-electron chi connectivity index (χ3n) is 5.03. The van der Waals surface area contributed by atoms with Crippen molar-refractivity contribution in [3.05, 3.63) is 24.2 Å². The first-order valence-corrected chi connectivity index (χ1v) is 8.20. The van der Waals surface area contributed by atoms with Crippen LogP contribution in [0, 0.1) is 11.8 Å². The quantitative estimate of drug-likeness (QED) is 0.872. The number of likely N-dealkylation sites (tertiary alicyclic amines) is 1. The van der Waals surface area contributed by atoms with Gasteiger partial charge in [0, 0.05) is 26.3 Å². The Balaban J connectivity index is 1.76. The first kappa shape index (κ1) is 15.0. The molecule has 0 saturated carbocycles. The van der Waals surface area contributed by atoms with Gasteiger partial charge in [-0.05, 0) is 24.3 Å². The molecule has 22 heavy (non-hydrogen) atoms. The molecule has 2 aromatic rings. The van der Waals surface area contributed by atoms with E-state index in [1.54, 1.807) is 12.5 Å². The van der Waals surface area contributed by atoms with Crippen molar-refractivity contribution in [1.29, 1.82) is 0 Å². The number of aromatic nitrogens is 3. The molecular formula is C17H24N4O. The Bertz CT molecular complexity index is 674. The Hall–Kier alpha value is -1.91. The van der Waals surface area contributed by atoms with Crippen molar-refractivity contribution in [3.8, 4) is 0 Å². The summed E-state index contributed by atoms with van der Waals surface area (Å²) in [4.78, 5) is 23.3. The highest BCUT2D eigenvalue weighted by molar-refractivity contribution is 5.96. The number of hydrogen-bond acceptors (Lipinski definition) is 3. The van der Waals surface area contributed by atoms with Crippen LogP contribution in [-0.2, 0) is 7.05 Å². The number of hydrogen-bond donors (Lipinski definition) is 0. The maximum Gasteiger partial charge on any atom is 0.255 e. The van der Waals surface area contributed by atoms with E-state index in [4.69, 9.17) is 0 Å². The van der Waals surface area contributed by atoms with Gasteiger partial charge in [0.05, 0.1) is 11.9 Å². The van der Waals surface area contributed by atoms with E-state index in [-0.39, 0.29) is 5.91 Å². The van der Waals surface area contributed by atoms with Crippen LogP contribution in [0.5, 0.6) is 0 Å². The molecule has 1 aliphatic heterocycles. The molecule has 2 aromatic heterocycles. The maximum absolute atomic E-state index is 12.7. The van der Waals surface area contributed by atoms with Gasteiger partial charge in [0.25, 0.3) is 5.91 Å². The smallest absolute Gasteiger partial charge is 0.255 e. The normalized spacial score (nSPS) is 18.5. The number of nitrogens with zero attached hydrogens (tertiary/aromatic N) is 4. The van der Waals surface area contributed by atoms with E-state index < -0.39 is 0 Å². The van der Waals surface area contributed by atoms with Crippen LogP contribution in [0.15, 0.2) is 18.6 Å². The van der Waals surface area contributed by atoms with Crippen molar-refractivity contribution in [2.75, 3.05) is 13.1 Å². The summed E-state index contributed by atoms with van der Waals surface area (Å²) in [5.41, 5.74) is 2.24. The number of rotatable bonds is 4. The maximum atomic E-state index is 12.7. The average molecular weight is 300 g/mol. The molecule has 1 aliphatic rings. The molecule has 0 aromatic carbocycles. The van der Waals surface area contributed by atoms with Crippen molar-refractivity contribution in [1.82, 2.24) is 19.4 Å². The van der Waals surface area contributed by atoms with Crippen LogP contribution in [0.4, 0.5) is 0 Å². The lowest BCUT2D eigenvalue weighted by Crippen LogP contribution is -2.29. The molecule has 1 amide bonds. The molecule has 1 unspecified atom stereocenters. The van der Waals surface area contributed by atoms with E-state index in [0.717, 1.165) is 36.6 Å². The molecule has 5 nitrogen and oxygen atoms in total. The van der Waals surface area contributed by atoms with Crippen molar-refractivity contribution < 1.29 is 4.79 Å². The number of aryl methyl sites for hydroxylation is 1. The molecule has 3 rings (SSSR count). The lowest BCUT2D eigenvalue weighted by molar-refractivity contribution is 0.0781. The predicted molar refractivity (Wildman–Crippen MR) is 86.6 cm³/mol. The van der Waals surface area contributed by atoms with E-state index >= 15 is 0 Å². The average Bonchev–Trinajstić information content (AvgIpc) is 3.15. The van der Waals surface area contributed by atoms with Crippen LogP contribution in [0.3, 0.4) is 0 Å². The van der Waals surface area contributed by atoms with E-state index in [2.05, 4.69) is 23.8 Å².